The van der Waals surface area contributed by atoms with E-state index in [0.717, 1.165) is 12.5 Å². The highest BCUT2D eigenvalue weighted by Crippen LogP contribution is 2.38. The first kappa shape index (κ1) is 23.9. The summed E-state index contributed by atoms with van der Waals surface area (Å²) >= 11 is 0. The topological polar surface area (TPSA) is 101 Å². The number of pyridine rings is 2. The molecule has 2 aromatic heterocycles. The van der Waals surface area contributed by atoms with E-state index in [9.17, 15) is 17.6 Å². The Kier molecular flexibility index (Phi) is 6.46. The summed E-state index contributed by atoms with van der Waals surface area (Å²) in [7, 11) is -4.26. The minimum absolute atomic E-state index is 0.182. The number of hydrogen-bond donors (Lipinski definition) is 1. The highest BCUT2D eigenvalue weighted by molar-refractivity contribution is 7.90. The summed E-state index contributed by atoms with van der Waals surface area (Å²) in [6, 6.07) is 5.43. The van der Waals surface area contributed by atoms with Gasteiger partial charge < -0.3 is 9.64 Å². The highest BCUT2D eigenvalue weighted by atomic mass is 32.2. The number of sulfonamides is 1. The molecule has 0 aromatic carbocycles. The lowest BCUT2D eigenvalue weighted by Gasteiger charge is -2.34. The molecule has 2 aromatic rings. The van der Waals surface area contributed by atoms with Crippen LogP contribution in [0, 0.1) is 18.7 Å². The first-order valence-corrected chi connectivity index (χ1v) is 11.9. The van der Waals surface area contributed by atoms with Crippen LogP contribution in [0.5, 0.6) is 5.88 Å². The molecular weight excluding hydrogens is 435 g/mol. The standard InChI is InChI=1S/C22H29FN4O4S/c1-13(2)31-21-17(23)10-16(19(25-21)27-12-14(3)11-22(27,5)6)20(28)26-32(29,30)18-9-7-8-15(4)24-18/h7-10,13-14H,11-12H2,1-6H3,(H,26,28). The normalized spacial score (nSPS) is 18.1. The van der Waals surface area contributed by atoms with Crippen LogP contribution >= 0.6 is 0 Å². The number of amides is 1. The molecule has 10 heteroatoms. The zero-order valence-corrected chi connectivity index (χ0v) is 20.0. The van der Waals surface area contributed by atoms with Crippen molar-refractivity contribution in [1.29, 1.82) is 0 Å². The summed E-state index contributed by atoms with van der Waals surface area (Å²) in [5.41, 5.74) is -0.0699. The molecule has 0 saturated carbocycles. The van der Waals surface area contributed by atoms with Crippen molar-refractivity contribution in [3.63, 3.8) is 0 Å². The van der Waals surface area contributed by atoms with E-state index in [1.807, 2.05) is 23.5 Å². The van der Waals surface area contributed by atoms with Gasteiger partial charge in [-0.15, -0.1) is 0 Å². The Morgan fingerprint density at radius 2 is 2.00 bits per heavy atom. The number of ether oxygens (including phenoxy) is 1. The maximum Gasteiger partial charge on any atom is 0.281 e. The number of nitrogens with zero attached hydrogens (tertiary/aromatic N) is 3. The third kappa shape index (κ3) is 5.01. The van der Waals surface area contributed by atoms with Crippen LogP contribution in [0.3, 0.4) is 0 Å². The van der Waals surface area contributed by atoms with Crippen LogP contribution in [0.25, 0.3) is 0 Å². The van der Waals surface area contributed by atoms with Gasteiger partial charge in [-0.1, -0.05) is 13.0 Å². The molecule has 1 aliphatic rings. The molecule has 0 bridgehead atoms. The maximum atomic E-state index is 14.8. The van der Waals surface area contributed by atoms with E-state index < -0.39 is 21.7 Å². The summed E-state index contributed by atoms with van der Waals surface area (Å²) in [4.78, 5) is 23.3. The Morgan fingerprint density at radius 3 is 2.56 bits per heavy atom. The van der Waals surface area contributed by atoms with E-state index in [-0.39, 0.29) is 33.9 Å². The van der Waals surface area contributed by atoms with Crippen LogP contribution in [0.2, 0.25) is 0 Å². The number of carbonyl (C=O) groups excluding carboxylic acids is 1. The minimum Gasteiger partial charge on any atom is -0.473 e. The lowest BCUT2D eigenvalue weighted by Crippen LogP contribution is -2.41. The molecular formula is C22H29FN4O4S. The first-order chi connectivity index (χ1) is 14.8. The Bertz CT molecular complexity index is 1130. The summed E-state index contributed by atoms with van der Waals surface area (Å²) in [6.45, 7) is 11.8. The van der Waals surface area contributed by atoms with Crippen molar-refractivity contribution in [3.8, 4) is 5.88 Å². The number of aromatic nitrogens is 2. The number of anilines is 1. The van der Waals surface area contributed by atoms with Gasteiger partial charge in [0, 0.05) is 17.8 Å². The van der Waals surface area contributed by atoms with Crippen molar-refractivity contribution in [2.45, 2.75) is 64.6 Å². The van der Waals surface area contributed by atoms with Crippen molar-refractivity contribution >= 4 is 21.7 Å². The number of rotatable bonds is 6. The molecule has 8 nitrogen and oxygen atoms in total. The fourth-order valence-corrected chi connectivity index (χ4v) is 4.98. The van der Waals surface area contributed by atoms with Gasteiger partial charge in [-0.3, -0.25) is 4.79 Å². The summed E-state index contributed by atoms with van der Waals surface area (Å²) in [5.74, 6) is -1.57. The van der Waals surface area contributed by atoms with Crippen molar-refractivity contribution in [2.75, 3.05) is 11.4 Å². The zero-order chi connectivity index (χ0) is 23.8. The fraction of sp³-hybridized carbons (Fsp3) is 0.500. The molecule has 1 saturated heterocycles. The zero-order valence-electron chi connectivity index (χ0n) is 19.1. The van der Waals surface area contributed by atoms with E-state index in [1.165, 1.54) is 12.1 Å². The van der Waals surface area contributed by atoms with Crippen LogP contribution in [0.4, 0.5) is 10.2 Å². The van der Waals surface area contributed by atoms with Gasteiger partial charge in [0.15, 0.2) is 10.8 Å². The monoisotopic (exact) mass is 464 g/mol. The van der Waals surface area contributed by atoms with Crippen LogP contribution in [0.15, 0.2) is 29.3 Å². The molecule has 0 aliphatic carbocycles. The maximum absolute atomic E-state index is 14.8. The van der Waals surface area contributed by atoms with E-state index >= 15 is 0 Å². The number of halogens is 1. The van der Waals surface area contributed by atoms with E-state index in [1.54, 1.807) is 26.8 Å². The molecule has 3 rings (SSSR count). The van der Waals surface area contributed by atoms with Gasteiger partial charge in [0.2, 0.25) is 0 Å². The second-order valence-corrected chi connectivity index (χ2v) is 10.7. The van der Waals surface area contributed by atoms with Crippen LogP contribution in [-0.2, 0) is 10.0 Å². The lowest BCUT2D eigenvalue weighted by molar-refractivity contribution is 0.0980. The molecule has 1 N–H and O–H groups in total. The Morgan fingerprint density at radius 1 is 1.31 bits per heavy atom. The lowest BCUT2D eigenvalue weighted by atomic mass is 9.97. The SMILES string of the molecule is Cc1cccc(S(=O)(=O)NC(=O)c2cc(F)c(OC(C)C)nc2N2CC(C)CC2(C)C)n1. The molecule has 32 heavy (non-hydrogen) atoms. The summed E-state index contributed by atoms with van der Waals surface area (Å²) < 4.78 is 47.7. The molecule has 0 spiro atoms. The van der Waals surface area contributed by atoms with Crippen LogP contribution in [0.1, 0.15) is 57.1 Å². The fourth-order valence-electron chi connectivity index (χ4n) is 4.00. The number of carbonyl (C=O) groups is 1. The van der Waals surface area contributed by atoms with Gasteiger partial charge in [-0.05, 0) is 65.2 Å². The quantitative estimate of drug-likeness (QED) is 0.699. The van der Waals surface area contributed by atoms with Gasteiger partial charge in [0.05, 0.1) is 11.7 Å². The smallest absolute Gasteiger partial charge is 0.281 e. The van der Waals surface area contributed by atoms with Gasteiger partial charge in [0.1, 0.15) is 5.82 Å². The Labute approximate surface area is 188 Å². The largest absolute Gasteiger partial charge is 0.473 e. The van der Waals surface area contributed by atoms with Gasteiger partial charge in [0.25, 0.3) is 21.8 Å². The summed E-state index contributed by atoms with van der Waals surface area (Å²) in [6.07, 6.45) is 0.502. The van der Waals surface area contributed by atoms with Crippen molar-refractivity contribution in [1.82, 2.24) is 14.7 Å². The van der Waals surface area contributed by atoms with Gasteiger partial charge in [-0.2, -0.15) is 13.4 Å². The second kappa shape index (κ2) is 8.65. The molecule has 0 radical (unpaired) electrons. The molecule has 1 fully saturated rings. The van der Waals surface area contributed by atoms with Crippen molar-refractivity contribution in [2.24, 2.45) is 5.92 Å². The van der Waals surface area contributed by atoms with Gasteiger partial charge >= 0.3 is 0 Å². The third-order valence-electron chi connectivity index (χ3n) is 5.21. The number of nitrogens with one attached hydrogen (secondary N) is 1. The first-order valence-electron chi connectivity index (χ1n) is 10.5. The summed E-state index contributed by atoms with van der Waals surface area (Å²) in [5, 5.41) is -0.296. The van der Waals surface area contributed by atoms with E-state index in [4.69, 9.17) is 4.74 Å². The van der Waals surface area contributed by atoms with E-state index in [2.05, 4.69) is 16.9 Å². The molecule has 1 unspecified atom stereocenters. The minimum atomic E-state index is -4.26. The molecule has 1 aliphatic heterocycles. The predicted molar refractivity (Wildman–Crippen MR) is 119 cm³/mol. The molecule has 174 valence electrons. The average Bonchev–Trinajstić information content (AvgIpc) is 2.94. The second-order valence-electron chi connectivity index (χ2n) is 9.10. The average molecular weight is 465 g/mol. The number of aryl methyl sites for hydroxylation is 1. The predicted octanol–water partition coefficient (Wildman–Crippen LogP) is 3.45. The third-order valence-corrected chi connectivity index (χ3v) is 6.44. The Balaban J connectivity index is 2.06. The number of hydrogen-bond acceptors (Lipinski definition) is 7. The molecule has 3 heterocycles. The van der Waals surface area contributed by atoms with Gasteiger partial charge in [-0.25, -0.2) is 14.1 Å². The molecule has 1 atom stereocenters. The highest BCUT2D eigenvalue weighted by Gasteiger charge is 2.40. The van der Waals surface area contributed by atoms with Crippen molar-refractivity contribution in [3.05, 3.63) is 41.3 Å². The van der Waals surface area contributed by atoms with E-state index in [0.29, 0.717) is 18.2 Å². The van der Waals surface area contributed by atoms with Crippen LogP contribution < -0.4 is 14.4 Å². The van der Waals surface area contributed by atoms with Crippen molar-refractivity contribution < 1.29 is 22.3 Å². The van der Waals surface area contributed by atoms with Crippen LogP contribution in [-0.4, -0.2) is 42.5 Å². The molecule has 1 amide bonds. The Hall–Kier alpha value is -2.75.